The third-order valence-electron chi connectivity index (χ3n) is 6.05. The number of carboxylic acids is 1. The van der Waals surface area contributed by atoms with Gasteiger partial charge < -0.3 is 15.5 Å². The van der Waals surface area contributed by atoms with E-state index >= 15 is 0 Å². The van der Waals surface area contributed by atoms with Gasteiger partial charge in [-0.15, -0.1) is 11.3 Å². The maximum Gasteiger partial charge on any atom is 0.416 e. The van der Waals surface area contributed by atoms with E-state index in [0.29, 0.717) is 17.0 Å². The molecule has 2 amide bonds. The molecule has 0 aliphatic carbocycles. The SMILES string of the molecule is O=C(O)c1ccc(NC(=O)[C@@H](CCO)N2C(=O)C(=Cc3cc(-c4cc(C(F)(F)F)cc(C(F)(F)F)c4)cs3)SC2=S)cc1. The van der Waals surface area contributed by atoms with E-state index in [9.17, 15) is 45.8 Å². The Kier molecular flexibility index (Phi) is 9.34. The number of aromatic carboxylic acids is 1. The number of aliphatic hydroxyl groups excluding tert-OH is 1. The molecule has 0 bridgehead atoms. The molecule has 226 valence electrons. The summed E-state index contributed by atoms with van der Waals surface area (Å²) < 4.78 is 79.7. The summed E-state index contributed by atoms with van der Waals surface area (Å²) in [4.78, 5) is 38.7. The lowest BCUT2D eigenvalue weighted by Gasteiger charge is -2.25. The number of benzene rings is 2. The molecular formula is C27H18F6N2O5S3. The zero-order valence-corrected chi connectivity index (χ0v) is 23.8. The van der Waals surface area contributed by atoms with E-state index in [1.165, 1.54) is 41.8 Å². The van der Waals surface area contributed by atoms with Crippen LogP contribution in [0.15, 0.2) is 58.8 Å². The number of hydrogen-bond donors (Lipinski definition) is 3. The Balaban J connectivity index is 1.58. The number of amides is 2. The fourth-order valence-corrected chi connectivity index (χ4v) is 6.27. The Hall–Kier alpha value is -3.73. The van der Waals surface area contributed by atoms with Gasteiger partial charge in [-0.25, -0.2) is 4.79 Å². The number of aliphatic hydroxyl groups is 1. The van der Waals surface area contributed by atoms with Crippen molar-refractivity contribution in [3.63, 3.8) is 0 Å². The minimum atomic E-state index is -5.01. The highest BCUT2D eigenvalue weighted by Crippen LogP contribution is 2.41. The van der Waals surface area contributed by atoms with Crippen molar-refractivity contribution in [1.29, 1.82) is 0 Å². The van der Waals surface area contributed by atoms with Crippen molar-refractivity contribution >= 4 is 69.2 Å². The number of nitrogens with zero attached hydrogens (tertiary/aromatic N) is 1. The lowest BCUT2D eigenvalue weighted by molar-refractivity contribution is -0.143. The molecular weight excluding hydrogens is 642 g/mol. The number of carbonyl (C=O) groups is 3. The highest BCUT2D eigenvalue weighted by Gasteiger charge is 2.40. The van der Waals surface area contributed by atoms with E-state index in [0.717, 1.165) is 28.0 Å². The second kappa shape index (κ2) is 12.5. The van der Waals surface area contributed by atoms with Crippen molar-refractivity contribution in [3.8, 4) is 11.1 Å². The smallest absolute Gasteiger partial charge is 0.416 e. The van der Waals surface area contributed by atoms with Crippen molar-refractivity contribution < 1.29 is 50.9 Å². The molecule has 2 aromatic carbocycles. The number of thioether (sulfide) groups is 1. The van der Waals surface area contributed by atoms with Crippen LogP contribution in [0.1, 0.15) is 32.8 Å². The number of rotatable bonds is 8. The third kappa shape index (κ3) is 7.44. The summed E-state index contributed by atoms with van der Waals surface area (Å²) in [7, 11) is 0. The van der Waals surface area contributed by atoms with Crippen LogP contribution in [0.5, 0.6) is 0 Å². The molecule has 0 spiro atoms. The van der Waals surface area contributed by atoms with Crippen LogP contribution in [0.2, 0.25) is 0 Å². The standard InChI is InChI=1S/C27H18F6N2O5S3/c28-26(29,30)16-7-14(8-17(10-16)27(31,32)33)15-9-19(42-12-15)11-21-23(38)35(25(41)43-21)20(5-6-36)22(37)34-18-3-1-13(2-4-18)24(39)40/h1-4,7-12,20,36H,5-6H2,(H,34,37)(H,39,40)/t20-/m1/s1. The van der Waals surface area contributed by atoms with Gasteiger partial charge in [0.25, 0.3) is 5.91 Å². The average Bonchev–Trinajstić information content (AvgIpc) is 3.50. The van der Waals surface area contributed by atoms with Crippen LogP contribution in [-0.2, 0) is 21.9 Å². The molecule has 1 aliphatic rings. The molecule has 1 aliphatic heterocycles. The quantitative estimate of drug-likeness (QED) is 0.140. The molecule has 3 aromatic rings. The number of carboxylic acid groups (broad SMARTS) is 1. The number of alkyl halides is 6. The fourth-order valence-electron chi connectivity index (χ4n) is 4.00. The minimum absolute atomic E-state index is 0.0161. The van der Waals surface area contributed by atoms with Gasteiger partial charge in [0.05, 0.1) is 21.6 Å². The highest BCUT2D eigenvalue weighted by atomic mass is 32.2. The van der Waals surface area contributed by atoms with Crippen LogP contribution >= 0.6 is 35.3 Å². The first-order chi connectivity index (χ1) is 20.1. The number of nitrogens with one attached hydrogen (secondary N) is 1. The molecule has 1 saturated heterocycles. The van der Waals surface area contributed by atoms with E-state index in [1.807, 2.05) is 0 Å². The Morgan fingerprint density at radius 1 is 0.977 bits per heavy atom. The van der Waals surface area contributed by atoms with E-state index in [4.69, 9.17) is 17.3 Å². The van der Waals surface area contributed by atoms with Crippen molar-refractivity contribution in [2.24, 2.45) is 0 Å². The molecule has 1 aromatic heterocycles. The molecule has 3 N–H and O–H groups in total. The monoisotopic (exact) mass is 660 g/mol. The zero-order valence-electron chi connectivity index (χ0n) is 21.3. The third-order valence-corrected chi connectivity index (χ3v) is 8.26. The van der Waals surface area contributed by atoms with Crippen molar-refractivity contribution in [1.82, 2.24) is 4.90 Å². The molecule has 2 heterocycles. The highest BCUT2D eigenvalue weighted by molar-refractivity contribution is 8.26. The molecule has 1 fully saturated rings. The normalized spacial score (nSPS) is 15.7. The zero-order chi connectivity index (χ0) is 31.7. The van der Waals surface area contributed by atoms with E-state index in [-0.39, 0.29) is 44.1 Å². The molecule has 0 radical (unpaired) electrons. The maximum absolute atomic E-state index is 13.3. The summed E-state index contributed by atoms with van der Waals surface area (Å²) in [6, 6.07) is 6.54. The number of anilines is 1. The maximum atomic E-state index is 13.3. The summed E-state index contributed by atoms with van der Waals surface area (Å²) in [5.41, 5.74) is -2.96. The van der Waals surface area contributed by atoms with Gasteiger partial charge >= 0.3 is 18.3 Å². The molecule has 0 saturated carbocycles. The number of halogens is 6. The predicted molar refractivity (Wildman–Crippen MR) is 152 cm³/mol. The fraction of sp³-hybridized carbons (Fsp3) is 0.185. The average molecular weight is 661 g/mol. The van der Waals surface area contributed by atoms with Gasteiger partial charge in [-0.3, -0.25) is 14.5 Å². The van der Waals surface area contributed by atoms with Crippen molar-refractivity contribution in [2.75, 3.05) is 11.9 Å². The number of carbonyl (C=O) groups excluding carboxylic acids is 2. The van der Waals surface area contributed by atoms with Crippen LogP contribution in [-0.4, -0.2) is 49.9 Å². The molecule has 43 heavy (non-hydrogen) atoms. The van der Waals surface area contributed by atoms with Gasteiger partial charge in [0.2, 0.25) is 5.91 Å². The van der Waals surface area contributed by atoms with Gasteiger partial charge in [0.15, 0.2) is 0 Å². The van der Waals surface area contributed by atoms with Crippen molar-refractivity contribution in [2.45, 2.75) is 24.8 Å². The lowest BCUT2D eigenvalue weighted by atomic mass is 10.0. The molecule has 7 nitrogen and oxygen atoms in total. The van der Waals surface area contributed by atoms with Crippen molar-refractivity contribution in [3.05, 3.63) is 80.4 Å². The van der Waals surface area contributed by atoms with Crippen LogP contribution in [0, 0.1) is 0 Å². The second-order valence-electron chi connectivity index (χ2n) is 8.98. The number of hydrogen-bond acceptors (Lipinski definition) is 7. The van der Waals surface area contributed by atoms with E-state index < -0.39 is 53.9 Å². The lowest BCUT2D eigenvalue weighted by Crippen LogP contribution is -2.46. The van der Waals surface area contributed by atoms with E-state index in [1.54, 1.807) is 0 Å². The minimum Gasteiger partial charge on any atom is -0.478 e. The second-order valence-corrected chi connectivity index (χ2v) is 11.6. The van der Waals surface area contributed by atoms with Gasteiger partial charge in [-0.05, 0) is 71.1 Å². The summed E-state index contributed by atoms with van der Waals surface area (Å²) in [6.07, 6.45) is -8.87. The van der Waals surface area contributed by atoms with Crippen LogP contribution in [0.3, 0.4) is 0 Å². The summed E-state index contributed by atoms with van der Waals surface area (Å²) in [6.45, 7) is -0.489. The Morgan fingerprint density at radius 3 is 2.12 bits per heavy atom. The first-order valence-corrected chi connectivity index (χ1v) is 14.1. The first-order valence-electron chi connectivity index (χ1n) is 12.0. The number of thiocarbonyl (C=S) groups is 1. The Labute approximate surface area is 252 Å². The summed E-state index contributed by atoms with van der Waals surface area (Å²) in [5.74, 6) is -2.57. The van der Waals surface area contributed by atoms with Crippen LogP contribution in [0.25, 0.3) is 17.2 Å². The Bertz CT molecular complexity index is 1580. The largest absolute Gasteiger partial charge is 0.478 e. The first kappa shape index (κ1) is 32.2. The van der Waals surface area contributed by atoms with Gasteiger partial charge in [0, 0.05) is 23.6 Å². The van der Waals surface area contributed by atoms with Gasteiger partial charge in [-0.1, -0.05) is 24.0 Å². The topological polar surface area (TPSA) is 107 Å². The predicted octanol–water partition coefficient (Wildman–Crippen LogP) is 6.74. The number of thiophene rings is 1. The summed E-state index contributed by atoms with van der Waals surface area (Å²) >= 11 is 7.09. The Morgan fingerprint density at radius 2 is 1.58 bits per heavy atom. The summed E-state index contributed by atoms with van der Waals surface area (Å²) in [5, 5.41) is 22.5. The molecule has 0 unspecified atom stereocenters. The molecule has 16 heteroatoms. The van der Waals surface area contributed by atoms with Gasteiger partial charge in [0.1, 0.15) is 10.4 Å². The molecule has 4 rings (SSSR count). The van der Waals surface area contributed by atoms with Gasteiger partial charge in [-0.2, -0.15) is 26.3 Å². The van der Waals surface area contributed by atoms with Crippen LogP contribution in [0.4, 0.5) is 32.0 Å². The van der Waals surface area contributed by atoms with E-state index in [2.05, 4.69) is 5.32 Å². The van der Waals surface area contributed by atoms with Crippen LogP contribution < -0.4 is 5.32 Å². The molecule has 1 atom stereocenters.